The van der Waals surface area contributed by atoms with Crippen molar-refractivity contribution in [3.8, 4) is 0 Å². The van der Waals surface area contributed by atoms with Gasteiger partial charge in [0.15, 0.2) is 5.16 Å². The van der Waals surface area contributed by atoms with Crippen molar-refractivity contribution in [2.45, 2.75) is 80.8 Å². The first-order chi connectivity index (χ1) is 11.2. The molecule has 0 radical (unpaired) electrons. The fraction of sp³-hybridized carbons (Fsp3) is 0.882. The summed E-state index contributed by atoms with van der Waals surface area (Å²) in [7, 11) is 0. The molecule has 2 aliphatic carbocycles. The Labute approximate surface area is 142 Å². The summed E-state index contributed by atoms with van der Waals surface area (Å²) < 4.78 is 2.38. The molecule has 1 aromatic heterocycles. The molecule has 6 heteroatoms. The van der Waals surface area contributed by atoms with E-state index in [1.165, 1.54) is 32.1 Å². The maximum absolute atomic E-state index is 10.3. The molecule has 0 bridgehead atoms. The van der Waals surface area contributed by atoms with Crippen LogP contribution in [-0.4, -0.2) is 44.3 Å². The quantitative estimate of drug-likeness (QED) is 0.915. The normalized spacial score (nSPS) is 29.9. The highest BCUT2D eigenvalue weighted by molar-refractivity contribution is 7.99. The second-order valence-electron chi connectivity index (χ2n) is 7.56. The zero-order valence-electron chi connectivity index (χ0n) is 14.0. The Bertz CT molecular complexity index is 537. The van der Waals surface area contributed by atoms with Gasteiger partial charge in [-0.15, -0.1) is 10.2 Å². The van der Waals surface area contributed by atoms with E-state index in [2.05, 4.69) is 26.6 Å². The van der Waals surface area contributed by atoms with Crippen molar-refractivity contribution < 1.29 is 5.11 Å². The molecule has 1 N–H and O–H groups in total. The second-order valence-corrected chi connectivity index (χ2v) is 8.77. The van der Waals surface area contributed by atoms with Crippen molar-refractivity contribution >= 4 is 17.7 Å². The van der Waals surface area contributed by atoms with E-state index in [1.54, 1.807) is 11.8 Å². The Kier molecular flexibility index (Phi) is 4.54. The largest absolute Gasteiger partial charge is 0.392 e. The van der Waals surface area contributed by atoms with Gasteiger partial charge >= 0.3 is 0 Å². The molecule has 1 aromatic rings. The van der Waals surface area contributed by atoms with Gasteiger partial charge in [-0.1, -0.05) is 31.5 Å². The van der Waals surface area contributed by atoms with E-state index < -0.39 is 0 Å². The predicted molar refractivity (Wildman–Crippen MR) is 93.0 cm³/mol. The summed E-state index contributed by atoms with van der Waals surface area (Å²) in [6, 6.07) is 0.586. The fourth-order valence-electron chi connectivity index (χ4n) is 3.78. The molecule has 5 nitrogen and oxygen atoms in total. The Balaban J connectivity index is 1.53. The fourth-order valence-corrected chi connectivity index (χ4v) is 5.06. The number of aliphatic hydroxyl groups excluding tert-OH is 1. The third-order valence-electron chi connectivity index (χ3n) is 5.55. The summed E-state index contributed by atoms with van der Waals surface area (Å²) in [4.78, 5) is 2.42. The highest BCUT2D eigenvalue weighted by atomic mass is 32.2. The zero-order valence-corrected chi connectivity index (χ0v) is 14.8. The Hall–Kier alpha value is -0.750. The summed E-state index contributed by atoms with van der Waals surface area (Å²) in [5.74, 6) is 1.90. The molecule has 23 heavy (non-hydrogen) atoms. The first-order valence-electron chi connectivity index (χ1n) is 9.27. The summed E-state index contributed by atoms with van der Waals surface area (Å²) in [6.07, 6.45) is 9.23. The number of aromatic nitrogens is 3. The number of hydrogen-bond acceptors (Lipinski definition) is 5. The van der Waals surface area contributed by atoms with Crippen LogP contribution < -0.4 is 4.90 Å². The molecule has 0 aromatic carbocycles. The molecule has 0 amide bonds. The SMILES string of the molecule is CC1CCN(c2nnc(SC3CCCCC3O)n2C2CC2)CC1. The van der Waals surface area contributed by atoms with E-state index in [9.17, 15) is 5.11 Å². The third-order valence-corrected chi connectivity index (χ3v) is 6.89. The Morgan fingerprint density at radius 3 is 2.43 bits per heavy atom. The van der Waals surface area contributed by atoms with Crippen LogP contribution in [-0.2, 0) is 0 Å². The Morgan fingerprint density at radius 2 is 1.74 bits per heavy atom. The van der Waals surface area contributed by atoms with Gasteiger partial charge in [0, 0.05) is 24.4 Å². The van der Waals surface area contributed by atoms with Gasteiger partial charge in [-0.3, -0.25) is 4.57 Å². The van der Waals surface area contributed by atoms with E-state index in [4.69, 9.17) is 0 Å². The van der Waals surface area contributed by atoms with Gasteiger partial charge in [0.1, 0.15) is 0 Å². The molecule has 4 rings (SSSR count). The lowest BCUT2D eigenvalue weighted by molar-refractivity contribution is 0.136. The van der Waals surface area contributed by atoms with Gasteiger partial charge < -0.3 is 10.0 Å². The van der Waals surface area contributed by atoms with Crippen molar-refractivity contribution in [3.05, 3.63) is 0 Å². The minimum atomic E-state index is -0.183. The van der Waals surface area contributed by atoms with Crippen LogP contribution in [0.25, 0.3) is 0 Å². The molecule has 1 aliphatic heterocycles. The van der Waals surface area contributed by atoms with Crippen LogP contribution in [0, 0.1) is 5.92 Å². The van der Waals surface area contributed by atoms with Gasteiger partial charge in [-0.2, -0.15) is 0 Å². The smallest absolute Gasteiger partial charge is 0.228 e. The van der Waals surface area contributed by atoms with Crippen LogP contribution in [0.4, 0.5) is 5.95 Å². The Morgan fingerprint density at radius 1 is 1.00 bits per heavy atom. The van der Waals surface area contributed by atoms with Crippen LogP contribution in [0.2, 0.25) is 0 Å². The van der Waals surface area contributed by atoms with Gasteiger partial charge in [0.05, 0.1) is 6.10 Å². The summed E-state index contributed by atoms with van der Waals surface area (Å²) in [6.45, 7) is 4.54. The number of thioether (sulfide) groups is 1. The standard InChI is InChI=1S/C17H28N4OS/c1-12-8-10-20(11-9-12)16-18-19-17(21(16)13-6-7-13)23-15-5-3-2-4-14(15)22/h12-15,22H,2-11H2,1H3. The van der Waals surface area contributed by atoms with Gasteiger partial charge in [-0.25, -0.2) is 0 Å². The van der Waals surface area contributed by atoms with Crippen molar-refractivity contribution in [1.82, 2.24) is 14.8 Å². The first kappa shape index (κ1) is 15.8. The number of aliphatic hydroxyl groups is 1. The van der Waals surface area contributed by atoms with Crippen molar-refractivity contribution in [1.29, 1.82) is 0 Å². The summed E-state index contributed by atoms with van der Waals surface area (Å²) >= 11 is 1.77. The van der Waals surface area contributed by atoms with Gasteiger partial charge in [0.2, 0.25) is 5.95 Å². The minimum Gasteiger partial charge on any atom is -0.392 e. The molecule has 2 unspecified atom stereocenters. The van der Waals surface area contributed by atoms with Crippen LogP contribution in [0.3, 0.4) is 0 Å². The van der Waals surface area contributed by atoms with E-state index in [0.717, 1.165) is 49.4 Å². The number of piperidine rings is 1. The van der Waals surface area contributed by atoms with Crippen LogP contribution in [0.1, 0.15) is 64.3 Å². The van der Waals surface area contributed by atoms with Crippen molar-refractivity contribution in [2.75, 3.05) is 18.0 Å². The molecule has 0 spiro atoms. The lowest BCUT2D eigenvalue weighted by atomic mass is 9.97. The number of rotatable bonds is 4. The maximum atomic E-state index is 10.3. The average Bonchev–Trinajstić information content (AvgIpc) is 3.31. The lowest BCUT2D eigenvalue weighted by Crippen LogP contribution is -2.34. The van der Waals surface area contributed by atoms with Crippen LogP contribution in [0.5, 0.6) is 0 Å². The van der Waals surface area contributed by atoms with E-state index in [-0.39, 0.29) is 6.10 Å². The van der Waals surface area contributed by atoms with Crippen LogP contribution in [0.15, 0.2) is 5.16 Å². The van der Waals surface area contributed by atoms with Crippen molar-refractivity contribution in [3.63, 3.8) is 0 Å². The number of hydrogen-bond donors (Lipinski definition) is 1. The molecule has 2 atom stereocenters. The summed E-state index contributed by atoms with van der Waals surface area (Å²) in [5, 5.41) is 20.7. The molecule has 128 valence electrons. The monoisotopic (exact) mass is 336 g/mol. The van der Waals surface area contributed by atoms with Gasteiger partial charge in [-0.05, 0) is 44.4 Å². The highest BCUT2D eigenvalue weighted by Crippen LogP contribution is 2.43. The minimum absolute atomic E-state index is 0.183. The molecule has 2 saturated carbocycles. The average molecular weight is 337 g/mol. The lowest BCUT2D eigenvalue weighted by Gasteiger charge is -2.31. The van der Waals surface area contributed by atoms with E-state index in [0.29, 0.717) is 11.3 Å². The first-order valence-corrected chi connectivity index (χ1v) is 10.1. The maximum Gasteiger partial charge on any atom is 0.228 e. The molecule has 1 saturated heterocycles. The topological polar surface area (TPSA) is 54.2 Å². The number of nitrogens with zero attached hydrogens (tertiary/aromatic N) is 4. The van der Waals surface area contributed by atoms with Gasteiger partial charge in [0.25, 0.3) is 0 Å². The summed E-state index contributed by atoms with van der Waals surface area (Å²) in [5.41, 5.74) is 0. The third kappa shape index (κ3) is 3.38. The van der Waals surface area contributed by atoms with Crippen molar-refractivity contribution in [2.24, 2.45) is 5.92 Å². The number of anilines is 1. The highest BCUT2D eigenvalue weighted by Gasteiger charge is 2.34. The molecular weight excluding hydrogens is 308 g/mol. The predicted octanol–water partition coefficient (Wildman–Crippen LogP) is 3.24. The van der Waals surface area contributed by atoms with E-state index in [1.807, 2.05) is 0 Å². The molecule has 3 aliphatic rings. The molecule has 3 fully saturated rings. The second kappa shape index (κ2) is 6.63. The molecular formula is C17H28N4OS. The zero-order chi connectivity index (χ0) is 15.8. The van der Waals surface area contributed by atoms with Crippen LogP contribution >= 0.6 is 11.8 Å². The van der Waals surface area contributed by atoms with E-state index >= 15 is 0 Å². The molecule has 2 heterocycles.